The first-order chi connectivity index (χ1) is 20.0. The summed E-state index contributed by atoms with van der Waals surface area (Å²) in [6.07, 6.45) is 1.95. The van der Waals surface area contributed by atoms with Gasteiger partial charge in [-0.05, 0) is 60.7 Å². The molecule has 4 aromatic carbocycles. The smallest absolute Gasteiger partial charge is 0.316 e. The van der Waals surface area contributed by atoms with Crippen molar-refractivity contribution in [2.24, 2.45) is 0 Å². The molecule has 5 heteroatoms. The van der Waals surface area contributed by atoms with Gasteiger partial charge < -0.3 is 9.47 Å². The molecule has 41 heavy (non-hydrogen) atoms. The number of amides is 1. The second-order valence-corrected chi connectivity index (χ2v) is 11.1. The third kappa shape index (κ3) is 3.84. The molecule has 1 amide bonds. The molecule has 1 aliphatic rings. The number of carbonyl (C=O) groups excluding carboxylic acids is 1. The number of rotatable bonds is 6. The number of aromatic nitrogens is 3. The molecule has 0 fully saturated rings. The summed E-state index contributed by atoms with van der Waals surface area (Å²) in [7, 11) is 0. The number of benzene rings is 4. The minimum absolute atomic E-state index is 0.00870. The molecule has 5 nitrogen and oxygen atoms in total. The molecular formula is C36H32N4O. The molecule has 0 aliphatic carbocycles. The van der Waals surface area contributed by atoms with E-state index in [1.54, 1.807) is 0 Å². The van der Waals surface area contributed by atoms with Crippen molar-refractivity contribution in [3.8, 4) is 0 Å². The standard InChI is InChI=1S/C36H32N4O/c1-25-19-26(2)32-21-31-22-38(35(41)40(31)34(32)20-25)23-33-27(3)39(24-37-33)36(28-13-7-4-8-14-28,29-15-9-5-10-16-29)30-17-11-6-12-18-30/h4-21,24H,22-23H2,1-3H3. The normalized spacial score (nSPS) is 13.2. The first-order valence-corrected chi connectivity index (χ1v) is 14.1. The maximum Gasteiger partial charge on any atom is 0.329 e. The Bertz CT molecular complexity index is 1790. The lowest BCUT2D eigenvalue weighted by molar-refractivity contribution is 0.207. The van der Waals surface area contributed by atoms with Gasteiger partial charge in [-0.15, -0.1) is 0 Å². The first-order valence-electron chi connectivity index (χ1n) is 14.1. The number of aryl methyl sites for hydroxylation is 2. The van der Waals surface area contributed by atoms with Crippen LogP contribution < -0.4 is 0 Å². The third-order valence-electron chi connectivity index (χ3n) is 8.55. The molecule has 2 aromatic heterocycles. The summed E-state index contributed by atoms with van der Waals surface area (Å²) in [6.45, 7) is 7.33. The van der Waals surface area contributed by atoms with Gasteiger partial charge in [0, 0.05) is 16.8 Å². The van der Waals surface area contributed by atoms with Crippen LogP contribution in [-0.2, 0) is 18.6 Å². The molecule has 0 atom stereocenters. The molecule has 6 aromatic rings. The van der Waals surface area contributed by atoms with Gasteiger partial charge in [0.1, 0.15) is 5.54 Å². The maximum absolute atomic E-state index is 13.7. The van der Waals surface area contributed by atoms with Gasteiger partial charge in [-0.1, -0.05) is 97.1 Å². The Morgan fingerprint density at radius 1 is 0.756 bits per heavy atom. The lowest BCUT2D eigenvalue weighted by atomic mass is 9.76. The Hall–Kier alpha value is -4.90. The van der Waals surface area contributed by atoms with Crippen LogP contribution in [0.2, 0.25) is 0 Å². The van der Waals surface area contributed by atoms with Gasteiger partial charge in [0.25, 0.3) is 0 Å². The summed E-state index contributed by atoms with van der Waals surface area (Å²) in [4.78, 5) is 20.6. The van der Waals surface area contributed by atoms with Crippen molar-refractivity contribution in [1.29, 1.82) is 0 Å². The maximum atomic E-state index is 13.7. The average Bonchev–Trinajstić information content (AvgIpc) is 3.64. The van der Waals surface area contributed by atoms with E-state index in [1.807, 2.05) is 15.8 Å². The largest absolute Gasteiger partial charge is 0.329 e. The predicted octanol–water partition coefficient (Wildman–Crippen LogP) is 7.59. The van der Waals surface area contributed by atoms with Gasteiger partial charge in [0.05, 0.1) is 30.6 Å². The van der Waals surface area contributed by atoms with E-state index in [9.17, 15) is 4.79 Å². The second kappa shape index (κ2) is 9.63. The van der Waals surface area contributed by atoms with Gasteiger partial charge in [-0.2, -0.15) is 0 Å². The van der Waals surface area contributed by atoms with Crippen molar-refractivity contribution in [3.63, 3.8) is 0 Å². The molecule has 0 spiro atoms. The van der Waals surface area contributed by atoms with Crippen LogP contribution in [0.3, 0.4) is 0 Å². The van der Waals surface area contributed by atoms with Gasteiger partial charge in [0.15, 0.2) is 0 Å². The molecule has 1 aliphatic heterocycles. The van der Waals surface area contributed by atoms with Crippen LogP contribution in [0.15, 0.2) is 116 Å². The molecule has 0 N–H and O–H groups in total. The van der Waals surface area contributed by atoms with Crippen molar-refractivity contribution in [2.45, 2.75) is 39.4 Å². The van der Waals surface area contributed by atoms with Crippen molar-refractivity contribution in [3.05, 3.63) is 160 Å². The van der Waals surface area contributed by atoms with Crippen LogP contribution in [0.25, 0.3) is 10.9 Å². The lowest BCUT2D eigenvalue weighted by Gasteiger charge is -2.38. The lowest BCUT2D eigenvalue weighted by Crippen LogP contribution is -2.38. The molecule has 202 valence electrons. The molecule has 0 radical (unpaired) electrons. The average molecular weight is 537 g/mol. The minimum atomic E-state index is -0.634. The van der Waals surface area contributed by atoms with Crippen molar-refractivity contribution < 1.29 is 4.79 Å². The monoisotopic (exact) mass is 536 g/mol. The highest BCUT2D eigenvalue weighted by molar-refractivity contribution is 5.96. The molecule has 3 heterocycles. The summed E-state index contributed by atoms with van der Waals surface area (Å²) in [5.74, 6) is 0. The second-order valence-electron chi connectivity index (χ2n) is 11.1. The Morgan fingerprint density at radius 3 is 1.88 bits per heavy atom. The van der Waals surface area contributed by atoms with E-state index in [2.05, 4.69) is 135 Å². The highest BCUT2D eigenvalue weighted by Crippen LogP contribution is 2.42. The van der Waals surface area contributed by atoms with Crippen LogP contribution >= 0.6 is 0 Å². The number of hydrogen-bond acceptors (Lipinski definition) is 2. The Labute approximate surface area is 240 Å². The number of nitrogens with zero attached hydrogens (tertiary/aromatic N) is 4. The van der Waals surface area contributed by atoms with Crippen LogP contribution in [0.5, 0.6) is 0 Å². The summed E-state index contributed by atoms with van der Waals surface area (Å²) < 4.78 is 4.16. The zero-order valence-electron chi connectivity index (χ0n) is 23.6. The van der Waals surface area contributed by atoms with Gasteiger partial charge in [-0.25, -0.2) is 9.78 Å². The zero-order valence-corrected chi connectivity index (χ0v) is 23.6. The summed E-state index contributed by atoms with van der Waals surface area (Å²) in [5, 5.41) is 1.15. The quantitative estimate of drug-likeness (QED) is 0.206. The molecule has 0 unspecified atom stereocenters. The topological polar surface area (TPSA) is 43.1 Å². The van der Waals surface area contributed by atoms with Crippen LogP contribution in [0, 0.1) is 20.8 Å². The number of fused-ring (bicyclic) bond motifs is 3. The number of carbonyl (C=O) groups is 1. The van der Waals surface area contributed by atoms with Crippen molar-refractivity contribution >= 4 is 16.9 Å². The van der Waals surface area contributed by atoms with Crippen LogP contribution in [0.4, 0.5) is 4.79 Å². The molecule has 0 saturated carbocycles. The van der Waals surface area contributed by atoms with Crippen LogP contribution in [0.1, 0.15) is 44.9 Å². The van der Waals surface area contributed by atoms with Gasteiger partial charge >= 0.3 is 6.03 Å². The predicted molar refractivity (Wildman–Crippen MR) is 163 cm³/mol. The minimum Gasteiger partial charge on any atom is -0.316 e. The molecule has 0 bridgehead atoms. The van der Waals surface area contributed by atoms with Gasteiger partial charge in [0.2, 0.25) is 0 Å². The zero-order chi connectivity index (χ0) is 28.1. The van der Waals surface area contributed by atoms with Crippen LogP contribution in [-0.4, -0.2) is 25.0 Å². The van der Waals surface area contributed by atoms with E-state index in [-0.39, 0.29) is 6.03 Å². The Kier molecular flexibility index (Phi) is 5.89. The summed E-state index contributed by atoms with van der Waals surface area (Å²) in [6, 6.07) is 38.3. The van der Waals surface area contributed by atoms with E-state index >= 15 is 0 Å². The Morgan fingerprint density at radius 2 is 1.32 bits per heavy atom. The highest BCUT2D eigenvalue weighted by atomic mass is 16.2. The fourth-order valence-electron chi connectivity index (χ4n) is 6.66. The molecule has 7 rings (SSSR count). The molecular weight excluding hydrogens is 504 g/mol. The number of imidazole rings is 1. The van der Waals surface area contributed by atoms with E-state index < -0.39 is 5.54 Å². The third-order valence-corrected chi connectivity index (χ3v) is 8.55. The SMILES string of the molecule is Cc1cc(C)c2cc3n(c2c1)C(=O)N(Cc1ncn(C(c2ccccc2)(c2ccccc2)c2ccccc2)c1C)C3. The summed E-state index contributed by atoms with van der Waals surface area (Å²) >= 11 is 0. The fraction of sp³-hybridized carbons (Fsp3) is 0.167. The van der Waals surface area contributed by atoms with E-state index in [1.165, 1.54) is 5.56 Å². The first kappa shape index (κ1) is 25.1. The summed E-state index contributed by atoms with van der Waals surface area (Å²) in [5.41, 5.74) is 9.12. The van der Waals surface area contributed by atoms with E-state index in [0.29, 0.717) is 13.1 Å². The van der Waals surface area contributed by atoms with E-state index in [0.717, 1.165) is 50.2 Å². The van der Waals surface area contributed by atoms with Crippen molar-refractivity contribution in [1.82, 2.24) is 19.0 Å². The Balaban J connectivity index is 1.33. The fourth-order valence-corrected chi connectivity index (χ4v) is 6.66. The van der Waals surface area contributed by atoms with E-state index in [4.69, 9.17) is 4.98 Å². The van der Waals surface area contributed by atoms with Gasteiger partial charge in [-0.3, -0.25) is 4.57 Å². The molecule has 0 saturated heterocycles. The highest BCUT2D eigenvalue weighted by Gasteiger charge is 2.40. The van der Waals surface area contributed by atoms with Crippen molar-refractivity contribution in [2.75, 3.05) is 0 Å². The number of hydrogen-bond donors (Lipinski definition) is 0.